The van der Waals surface area contributed by atoms with Crippen LogP contribution < -0.4 is 10.3 Å². The van der Waals surface area contributed by atoms with Gasteiger partial charge in [0.1, 0.15) is 5.75 Å². The van der Waals surface area contributed by atoms with Crippen LogP contribution in [0.2, 0.25) is 0 Å². The number of nitrogens with zero attached hydrogens (tertiary/aromatic N) is 3. The van der Waals surface area contributed by atoms with Crippen LogP contribution in [0.25, 0.3) is 10.9 Å². The molecule has 0 aliphatic rings. The molecule has 0 fully saturated rings. The average Bonchev–Trinajstić information content (AvgIpc) is 2.87. The molecule has 0 saturated carbocycles. The van der Waals surface area contributed by atoms with Crippen molar-refractivity contribution in [3.63, 3.8) is 0 Å². The Bertz CT molecular complexity index is 1350. The Balaban J connectivity index is 1.61. The summed E-state index contributed by atoms with van der Waals surface area (Å²) < 4.78 is 7.09. The molecule has 4 aromatic rings. The number of aromatic nitrogens is 2. The number of thioether (sulfide) groups is 1. The van der Waals surface area contributed by atoms with Gasteiger partial charge in [-0.05, 0) is 30.7 Å². The lowest BCUT2D eigenvalue weighted by atomic mass is 10.1. The predicted molar refractivity (Wildman–Crippen MR) is 136 cm³/mol. The summed E-state index contributed by atoms with van der Waals surface area (Å²) in [5.41, 5.74) is 2.45. The molecule has 6 nitrogen and oxygen atoms in total. The third-order valence-electron chi connectivity index (χ3n) is 5.80. The Morgan fingerprint density at radius 2 is 1.71 bits per heavy atom. The van der Waals surface area contributed by atoms with E-state index in [1.807, 2.05) is 79.7 Å². The van der Waals surface area contributed by atoms with Crippen LogP contribution in [0.5, 0.6) is 5.75 Å². The van der Waals surface area contributed by atoms with Crippen molar-refractivity contribution in [1.29, 1.82) is 0 Å². The fraction of sp³-hybridized carbons (Fsp3) is 0.222. The number of amides is 1. The quantitative estimate of drug-likeness (QED) is 0.273. The third-order valence-corrected chi connectivity index (χ3v) is 6.73. The zero-order valence-corrected chi connectivity index (χ0v) is 20.3. The Morgan fingerprint density at radius 1 is 1.03 bits per heavy atom. The van der Waals surface area contributed by atoms with Gasteiger partial charge in [0.15, 0.2) is 5.16 Å². The largest absolute Gasteiger partial charge is 0.496 e. The van der Waals surface area contributed by atoms with Crippen LogP contribution in [0.4, 0.5) is 0 Å². The highest BCUT2D eigenvalue weighted by atomic mass is 32.2. The molecule has 1 atom stereocenters. The first kappa shape index (κ1) is 23.6. The van der Waals surface area contributed by atoms with Gasteiger partial charge in [0.2, 0.25) is 5.91 Å². The monoisotopic (exact) mass is 473 g/mol. The number of benzene rings is 3. The maximum Gasteiger partial charge on any atom is 0.262 e. The molecular weight excluding hydrogens is 446 g/mol. The van der Waals surface area contributed by atoms with E-state index in [1.54, 1.807) is 29.7 Å². The number of hydrogen-bond acceptors (Lipinski definition) is 5. The normalized spacial score (nSPS) is 11.9. The lowest BCUT2D eigenvalue weighted by molar-refractivity contribution is -0.127. The van der Waals surface area contributed by atoms with Crippen molar-refractivity contribution >= 4 is 28.6 Å². The van der Waals surface area contributed by atoms with Crippen LogP contribution in [0.1, 0.15) is 24.1 Å². The van der Waals surface area contributed by atoms with Crippen molar-refractivity contribution in [2.24, 2.45) is 0 Å². The van der Waals surface area contributed by atoms with E-state index < -0.39 is 0 Å². The van der Waals surface area contributed by atoms with Crippen molar-refractivity contribution in [3.8, 4) is 5.75 Å². The topological polar surface area (TPSA) is 64.4 Å². The second-order valence-electron chi connectivity index (χ2n) is 8.02. The third kappa shape index (κ3) is 4.99. The van der Waals surface area contributed by atoms with Gasteiger partial charge in [-0.1, -0.05) is 72.4 Å². The minimum atomic E-state index is -0.227. The summed E-state index contributed by atoms with van der Waals surface area (Å²) in [5, 5.41) is 1.09. The number of ether oxygens (including phenoxy) is 1. The molecule has 1 aromatic heterocycles. The van der Waals surface area contributed by atoms with Crippen molar-refractivity contribution in [2.45, 2.75) is 24.7 Å². The zero-order valence-electron chi connectivity index (χ0n) is 19.5. The molecule has 4 rings (SSSR count). The lowest BCUT2D eigenvalue weighted by Gasteiger charge is -2.21. The maximum atomic E-state index is 13.5. The first-order chi connectivity index (χ1) is 16.5. The number of hydrogen-bond donors (Lipinski definition) is 0. The Hall–Kier alpha value is -3.58. The lowest BCUT2D eigenvalue weighted by Crippen LogP contribution is -2.30. The van der Waals surface area contributed by atoms with Gasteiger partial charge in [0.25, 0.3) is 5.56 Å². The molecule has 0 N–H and O–H groups in total. The van der Waals surface area contributed by atoms with E-state index in [4.69, 9.17) is 9.72 Å². The van der Waals surface area contributed by atoms with Gasteiger partial charge < -0.3 is 9.64 Å². The van der Waals surface area contributed by atoms with Crippen LogP contribution in [0, 0.1) is 0 Å². The number of para-hydroxylation sites is 2. The molecule has 3 aromatic carbocycles. The van der Waals surface area contributed by atoms with E-state index in [1.165, 1.54) is 11.8 Å². The molecule has 1 amide bonds. The molecule has 0 radical (unpaired) electrons. The van der Waals surface area contributed by atoms with E-state index in [2.05, 4.69) is 0 Å². The summed E-state index contributed by atoms with van der Waals surface area (Å²) in [5.74, 6) is 0.853. The smallest absolute Gasteiger partial charge is 0.262 e. The molecule has 174 valence electrons. The number of carbonyl (C=O) groups excluding carboxylic acids is 1. The van der Waals surface area contributed by atoms with Crippen molar-refractivity contribution in [3.05, 3.63) is 100 Å². The average molecular weight is 474 g/mol. The van der Waals surface area contributed by atoms with Gasteiger partial charge in [0.05, 0.1) is 29.8 Å². The van der Waals surface area contributed by atoms with Crippen molar-refractivity contribution < 1.29 is 9.53 Å². The van der Waals surface area contributed by atoms with Gasteiger partial charge in [-0.15, -0.1) is 0 Å². The van der Waals surface area contributed by atoms with Gasteiger partial charge in [-0.25, -0.2) is 4.98 Å². The fourth-order valence-electron chi connectivity index (χ4n) is 3.86. The molecule has 1 heterocycles. The number of carbonyl (C=O) groups is 1. The highest BCUT2D eigenvalue weighted by Crippen LogP contribution is 2.25. The van der Waals surface area contributed by atoms with Crippen LogP contribution in [-0.2, 0) is 11.3 Å². The number of rotatable bonds is 8. The molecule has 0 aliphatic carbocycles. The molecular formula is C27H27N3O3S. The Morgan fingerprint density at radius 3 is 2.47 bits per heavy atom. The van der Waals surface area contributed by atoms with Crippen molar-refractivity contribution in [1.82, 2.24) is 14.5 Å². The SMILES string of the molecule is COc1ccccc1CN(C)C(=O)CSc1nc2ccccc2c(=O)n1[C@@H](C)c1ccccc1. The molecule has 0 saturated heterocycles. The summed E-state index contributed by atoms with van der Waals surface area (Å²) >= 11 is 1.29. The molecule has 0 spiro atoms. The van der Waals surface area contributed by atoms with E-state index in [9.17, 15) is 9.59 Å². The molecule has 0 aliphatic heterocycles. The summed E-state index contributed by atoms with van der Waals surface area (Å²) in [6.45, 7) is 2.41. The maximum absolute atomic E-state index is 13.5. The van der Waals surface area contributed by atoms with Gasteiger partial charge in [-0.3, -0.25) is 14.2 Å². The Kier molecular flexibility index (Phi) is 7.33. The Labute approximate surface area is 203 Å². The minimum absolute atomic E-state index is 0.0581. The van der Waals surface area contributed by atoms with Crippen LogP contribution in [0.3, 0.4) is 0 Å². The molecule has 7 heteroatoms. The number of fused-ring (bicyclic) bond motifs is 1. The van der Waals surface area contributed by atoms with Crippen LogP contribution in [0.15, 0.2) is 88.8 Å². The summed E-state index contributed by atoms with van der Waals surface area (Å²) in [6.07, 6.45) is 0. The van der Waals surface area contributed by atoms with Crippen LogP contribution >= 0.6 is 11.8 Å². The summed E-state index contributed by atoms with van der Waals surface area (Å²) in [4.78, 5) is 32.8. The van der Waals surface area contributed by atoms with Gasteiger partial charge in [-0.2, -0.15) is 0 Å². The van der Waals surface area contributed by atoms with E-state index in [0.29, 0.717) is 22.6 Å². The van der Waals surface area contributed by atoms with E-state index in [0.717, 1.165) is 16.9 Å². The van der Waals surface area contributed by atoms with E-state index >= 15 is 0 Å². The number of methoxy groups -OCH3 is 1. The zero-order chi connectivity index (χ0) is 24.1. The van der Waals surface area contributed by atoms with Crippen molar-refractivity contribution in [2.75, 3.05) is 19.9 Å². The second kappa shape index (κ2) is 10.6. The van der Waals surface area contributed by atoms with E-state index in [-0.39, 0.29) is 23.3 Å². The molecule has 34 heavy (non-hydrogen) atoms. The molecule has 0 bridgehead atoms. The highest BCUT2D eigenvalue weighted by Gasteiger charge is 2.20. The first-order valence-corrected chi connectivity index (χ1v) is 12.0. The predicted octanol–water partition coefficient (Wildman–Crippen LogP) is 4.77. The summed E-state index contributed by atoms with van der Waals surface area (Å²) in [6, 6.07) is 24.6. The van der Waals surface area contributed by atoms with Gasteiger partial charge in [0, 0.05) is 19.2 Å². The second-order valence-corrected chi connectivity index (χ2v) is 8.97. The minimum Gasteiger partial charge on any atom is -0.496 e. The highest BCUT2D eigenvalue weighted by molar-refractivity contribution is 7.99. The standard InChI is InChI=1S/C27H27N3O3S/c1-19(20-11-5-4-6-12-20)30-26(32)22-14-8-9-15-23(22)28-27(30)34-18-25(31)29(2)17-21-13-7-10-16-24(21)33-3/h4-16,19H,17-18H2,1-3H3/t19-/m0/s1. The summed E-state index contributed by atoms with van der Waals surface area (Å²) in [7, 11) is 3.39. The first-order valence-electron chi connectivity index (χ1n) is 11.0. The molecule has 0 unspecified atom stereocenters. The van der Waals surface area contributed by atoms with Crippen LogP contribution in [-0.4, -0.2) is 40.3 Å². The van der Waals surface area contributed by atoms with Gasteiger partial charge >= 0.3 is 0 Å². The fourth-order valence-corrected chi connectivity index (χ4v) is 4.88.